The maximum atomic E-state index is 13.7. The zero-order chi connectivity index (χ0) is 26.2. The van der Waals surface area contributed by atoms with Crippen molar-refractivity contribution in [3.05, 3.63) is 112 Å². The molecule has 37 heavy (non-hydrogen) atoms. The molecule has 0 saturated heterocycles. The number of carbonyl (C=O) groups is 2. The summed E-state index contributed by atoms with van der Waals surface area (Å²) in [6, 6.07) is 28.0. The molecule has 0 aliphatic rings. The van der Waals surface area contributed by atoms with Crippen LogP contribution in [-0.2, 0) is 22.6 Å². The summed E-state index contributed by atoms with van der Waals surface area (Å²) in [5.41, 5.74) is 1.79. The lowest BCUT2D eigenvalue weighted by atomic mass is 10.0. The molecule has 0 fully saturated rings. The van der Waals surface area contributed by atoms with Gasteiger partial charge in [0.15, 0.2) is 6.61 Å². The third kappa shape index (κ3) is 6.90. The van der Waals surface area contributed by atoms with Gasteiger partial charge in [0.1, 0.15) is 11.8 Å². The molecule has 2 amide bonds. The molecule has 0 radical (unpaired) electrons. The highest BCUT2D eigenvalue weighted by Gasteiger charge is 2.30. The van der Waals surface area contributed by atoms with Gasteiger partial charge in [0.05, 0.1) is 4.47 Å². The van der Waals surface area contributed by atoms with Gasteiger partial charge < -0.3 is 15.0 Å². The Balaban J connectivity index is 1.63. The van der Waals surface area contributed by atoms with Gasteiger partial charge >= 0.3 is 0 Å². The van der Waals surface area contributed by atoms with Gasteiger partial charge in [-0.3, -0.25) is 9.59 Å². The van der Waals surface area contributed by atoms with E-state index in [4.69, 9.17) is 16.3 Å². The van der Waals surface area contributed by atoms with E-state index in [1.807, 2.05) is 85.8 Å². The first-order valence-corrected chi connectivity index (χ1v) is 13.3. The Labute approximate surface area is 230 Å². The summed E-state index contributed by atoms with van der Waals surface area (Å²) in [6.45, 7) is 2.32. The van der Waals surface area contributed by atoms with Gasteiger partial charge in [-0.2, -0.15) is 0 Å². The number of nitrogens with one attached hydrogen (secondary N) is 1. The van der Waals surface area contributed by atoms with Crippen LogP contribution in [0.25, 0.3) is 10.8 Å². The summed E-state index contributed by atoms with van der Waals surface area (Å²) >= 11 is 9.84. The molecule has 4 rings (SSSR count). The van der Waals surface area contributed by atoms with E-state index in [1.54, 1.807) is 17.0 Å². The number of carbonyl (C=O) groups excluding carboxylic acids is 2. The van der Waals surface area contributed by atoms with Crippen molar-refractivity contribution in [3.63, 3.8) is 0 Å². The molecule has 0 aliphatic heterocycles. The monoisotopic (exact) mass is 578 g/mol. The molecule has 0 spiro atoms. The van der Waals surface area contributed by atoms with Gasteiger partial charge in [-0.05, 0) is 63.0 Å². The molecule has 0 unspecified atom stereocenters. The Morgan fingerprint density at radius 3 is 2.43 bits per heavy atom. The largest absolute Gasteiger partial charge is 0.483 e. The van der Waals surface area contributed by atoms with Crippen LogP contribution in [0.4, 0.5) is 0 Å². The highest BCUT2D eigenvalue weighted by Crippen LogP contribution is 2.33. The normalized spacial score (nSPS) is 11.6. The van der Waals surface area contributed by atoms with Crippen molar-refractivity contribution in [3.8, 4) is 5.75 Å². The fraction of sp³-hybridized carbons (Fsp3) is 0.200. The lowest BCUT2D eigenvalue weighted by Crippen LogP contribution is -2.51. The van der Waals surface area contributed by atoms with E-state index in [9.17, 15) is 9.59 Å². The number of fused-ring (bicyclic) bond motifs is 1. The molecular weight excluding hydrogens is 552 g/mol. The maximum Gasteiger partial charge on any atom is 0.261 e. The Morgan fingerprint density at radius 2 is 1.68 bits per heavy atom. The minimum absolute atomic E-state index is 0.214. The Bertz CT molecular complexity index is 1380. The summed E-state index contributed by atoms with van der Waals surface area (Å²) in [5.74, 6) is 0.0493. The Kier molecular flexibility index (Phi) is 9.20. The highest BCUT2D eigenvalue weighted by atomic mass is 79.9. The van der Waals surface area contributed by atoms with Crippen molar-refractivity contribution in [1.29, 1.82) is 0 Å². The van der Waals surface area contributed by atoms with Crippen molar-refractivity contribution in [2.75, 3.05) is 13.2 Å². The van der Waals surface area contributed by atoms with E-state index in [2.05, 4.69) is 21.2 Å². The molecule has 0 aliphatic carbocycles. The van der Waals surface area contributed by atoms with Crippen LogP contribution in [0.2, 0.25) is 5.02 Å². The number of ether oxygens (including phenoxy) is 1. The minimum atomic E-state index is -0.725. The first kappa shape index (κ1) is 26.7. The average Bonchev–Trinajstić information content (AvgIpc) is 2.91. The Hall–Kier alpha value is -3.35. The number of rotatable bonds is 10. The predicted octanol–water partition coefficient (Wildman–Crippen LogP) is 6.41. The molecule has 1 N–H and O–H groups in total. The second-order valence-electron chi connectivity index (χ2n) is 8.64. The topological polar surface area (TPSA) is 58.6 Å². The number of halogens is 2. The summed E-state index contributed by atoms with van der Waals surface area (Å²) in [7, 11) is 0. The number of hydrogen-bond acceptors (Lipinski definition) is 3. The zero-order valence-electron chi connectivity index (χ0n) is 20.5. The molecule has 1 atom stereocenters. The van der Waals surface area contributed by atoms with Gasteiger partial charge in [-0.1, -0.05) is 84.4 Å². The van der Waals surface area contributed by atoms with Gasteiger partial charge in [0.25, 0.3) is 5.91 Å². The summed E-state index contributed by atoms with van der Waals surface area (Å²) in [5, 5.41) is 5.52. The quantitative estimate of drug-likeness (QED) is 0.236. The molecule has 0 aromatic heterocycles. The van der Waals surface area contributed by atoms with Gasteiger partial charge in [-0.25, -0.2) is 0 Å². The standard InChI is InChI=1S/C30H28BrClN2O3/c1-2-33-30(36)26(18-21-9-4-3-5-10-21)34(19-22-11-8-13-24(32)17-22)28(35)20-37-27-16-15-23-12-6-7-14-25(23)29(27)31/h3-17,26H,2,18-20H2,1H3,(H,33,36)/t26-/m0/s1. The van der Waals surface area contributed by atoms with Crippen molar-refractivity contribution in [2.24, 2.45) is 0 Å². The number of likely N-dealkylation sites (N-methyl/N-ethyl adjacent to an activating group) is 1. The van der Waals surface area contributed by atoms with E-state index >= 15 is 0 Å². The molecule has 5 nitrogen and oxygen atoms in total. The van der Waals surface area contributed by atoms with E-state index in [-0.39, 0.29) is 25.0 Å². The van der Waals surface area contributed by atoms with Crippen molar-refractivity contribution in [1.82, 2.24) is 10.2 Å². The molecule has 0 bridgehead atoms. The van der Waals surface area contributed by atoms with Crippen LogP contribution in [0.3, 0.4) is 0 Å². The van der Waals surface area contributed by atoms with Crippen LogP contribution < -0.4 is 10.1 Å². The average molecular weight is 580 g/mol. The van der Waals surface area contributed by atoms with Crippen LogP contribution in [0.15, 0.2) is 95.5 Å². The SMILES string of the molecule is CCNC(=O)[C@H](Cc1ccccc1)N(Cc1cccc(Cl)c1)C(=O)COc1ccc2ccccc2c1Br. The van der Waals surface area contributed by atoms with Crippen molar-refractivity contribution in [2.45, 2.75) is 25.9 Å². The zero-order valence-corrected chi connectivity index (χ0v) is 22.8. The third-order valence-electron chi connectivity index (χ3n) is 6.04. The van der Waals surface area contributed by atoms with Crippen LogP contribution in [0.5, 0.6) is 5.75 Å². The highest BCUT2D eigenvalue weighted by molar-refractivity contribution is 9.10. The van der Waals surface area contributed by atoms with Gasteiger partial charge in [0.2, 0.25) is 5.91 Å². The van der Waals surface area contributed by atoms with Gasteiger partial charge in [0, 0.05) is 24.5 Å². The van der Waals surface area contributed by atoms with E-state index < -0.39 is 6.04 Å². The number of nitrogens with zero attached hydrogens (tertiary/aromatic N) is 1. The lowest BCUT2D eigenvalue weighted by Gasteiger charge is -2.31. The predicted molar refractivity (Wildman–Crippen MR) is 152 cm³/mol. The van der Waals surface area contributed by atoms with Crippen LogP contribution in [0.1, 0.15) is 18.1 Å². The van der Waals surface area contributed by atoms with Crippen molar-refractivity contribution < 1.29 is 14.3 Å². The number of hydrogen-bond donors (Lipinski definition) is 1. The molecule has 4 aromatic rings. The summed E-state index contributed by atoms with van der Waals surface area (Å²) < 4.78 is 6.78. The van der Waals surface area contributed by atoms with E-state index in [0.717, 1.165) is 26.4 Å². The smallest absolute Gasteiger partial charge is 0.261 e. The number of amides is 2. The molecule has 190 valence electrons. The molecule has 4 aromatic carbocycles. The minimum Gasteiger partial charge on any atom is -0.483 e. The second-order valence-corrected chi connectivity index (χ2v) is 9.87. The van der Waals surface area contributed by atoms with E-state index in [0.29, 0.717) is 23.7 Å². The molecular formula is C30H28BrClN2O3. The first-order valence-electron chi connectivity index (χ1n) is 12.1. The second kappa shape index (κ2) is 12.7. The van der Waals surface area contributed by atoms with Crippen LogP contribution in [0, 0.1) is 0 Å². The maximum absolute atomic E-state index is 13.7. The lowest BCUT2D eigenvalue weighted by molar-refractivity contribution is -0.142. The fourth-order valence-electron chi connectivity index (χ4n) is 4.23. The summed E-state index contributed by atoms with van der Waals surface area (Å²) in [4.78, 5) is 28.5. The molecule has 0 saturated carbocycles. The molecule has 7 heteroatoms. The Morgan fingerprint density at radius 1 is 0.946 bits per heavy atom. The van der Waals surface area contributed by atoms with Gasteiger partial charge in [-0.15, -0.1) is 0 Å². The molecule has 0 heterocycles. The van der Waals surface area contributed by atoms with E-state index in [1.165, 1.54) is 0 Å². The van der Waals surface area contributed by atoms with Crippen LogP contribution in [-0.4, -0.2) is 35.9 Å². The van der Waals surface area contributed by atoms with Crippen LogP contribution >= 0.6 is 27.5 Å². The summed E-state index contributed by atoms with van der Waals surface area (Å²) in [6.07, 6.45) is 0.374. The third-order valence-corrected chi connectivity index (χ3v) is 7.10. The number of benzene rings is 4. The first-order chi connectivity index (χ1) is 18.0. The van der Waals surface area contributed by atoms with Crippen molar-refractivity contribution >= 4 is 50.1 Å². The fourth-order valence-corrected chi connectivity index (χ4v) is 5.05.